The van der Waals surface area contributed by atoms with Gasteiger partial charge in [0.05, 0.1) is 87.6 Å². The van der Waals surface area contributed by atoms with Crippen molar-refractivity contribution in [3.05, 3.63) is 11.8 Å². The maximum atomic E-state index is 10.6. The molecule has 69 heavy (non-hydrogen) atoms. The van der Waals surface area contributed by atoms with E-state index in [2.05, 4.69) is 27.3 Å². The van der Waals surface area contributed by atoms with Gasteiger partial charge in [-0.3, -0.25) is 31.7 Å². The molecular formula is C30H61N3O31S5. The molecule has 0 spiro atoms. The van der Waals surface area contributed by atoms with Gasteiger partial charge >= 0.3 is 50.1 Å². The number of hydrogen-bond acceptors (Lipinski definition) is 22. The summed E-state index contributed by atoms with van der Waals surface area (Å²) in [5.74, 6) is -4.72. The largest absolute Gasteiger partial charge is 0.511 e. The molecule has 1 aliphatic carbocycles. The molecule has 0 aromatic carbocycles. The third-order valence-corrected chi connectivity index (χ3v) is 11.1. The Balaban J connectivity index is -0.000000795. The molecule has 20 N–H and O–H groups in total. The predicted octanol–water partition coefficient (Wildman–Crippen LogP) is -6.45. The van der Waals surface area contributed by atoms with Crippen molar-refractivity contribution < 1.29 is 145 Å². The summed E-state index contributed by atoms with van der Waals surface area (Å²) in [5, 5.41) is 74.1. The fourth-order valence-electron chi connectivity index (χ4n) is 5.69. The van der Waals surface area contributed by atoms with Crippen molar-refractivity contribution >= 4 is 72.6 Å². The maximum absolute atomic E-state index is 10.6. The van der Waals surface area contributed by atoms with Gasteiger partial charge < -0.3 is 71.3 Å². The summed E-state index contributed by atoms with van der Waals surface area (Å²) >= 11 is -6.48. The predicted molar refractivity (Wildman–Crippen MR) is 230 cm³/mol. The lowest BCUT2D eigenvalue weighted by molar-refractivity contribution is -0.166. The number of carboxylic acid groups (broad SMARTS) is 3. The number of ether oxygens (including phenoxy) is 3. The van der Waals surface area contributed by atoms with Gasteiger partial charge in [0.2, 0.25) is 22.5 Å². The molecule has 0 aromatic heterocycles. The average Bonchev–Trinajstić information content (AvgIpc) is 3.17. The Labute approximate surface area is 401 Å². The number of rotatable bonds is 16. The number of aliphatic hydroxyl groups excluding tert-OH is 5. The molecule has 3 heterocycles. The van der Waals surface area contributed by atoms with E-state index in [1.165, 1.54) is 0 Å². The summed E-state index contributed by atoms with van der Waals surface area (Å²) in [6.07, 6.45) is -7.36. The Morgan fingerprint density at radius 2 is 1.26 bits per heavy atom. The molecule has 0 bridgehead atoms. The van der Waals surface area contributed by atoms with Crippen LogP contribution in [0.2, 0.25) is 0 Å². The topological polar surface area (TPSA) is 588 Å². The second-order valence-corrected chi connectivity index (χ2v) is 18.4. The third kappa shape index (κ3) is 34.5. The minimum atomic E-state index is -4.79. The Morgan fingerprint density at radius 3 is 1.65 bits per heavy atom. The van der Waals surface area contributed by atoms with Crippen LogP contribution in [0.5, 0.6) is 0 Å². The summed E-state index contributed by atoms with van der Waals surface area (Å²) < 4.78 is 147. The molecule has 0 radical (unpaired) electrons. The van der Waals surface area contributed by atoms with E-state index in [1.54, 1.807) is 7.05 Å². The van der Waals surface area contributed by atoms with E-state index >= 15 is 0 Å². The standard InChI is InChI=1S/C7H12O8S.C6H13NO7S2.C6H13NO3S.C6H10O8S.C5H9NO3.2H2O/c8-4-1-3(7(10)11)2-5(9)6(4)15-16(12,13)14;8-6-1-4(2-14-16(11)12)13-3-5(6)7-15(9)10;1-5-2-3-6(4-10-5)7-11(8)9;7-3-1-4(6(8)9)13-2-5(3)14-15(10,11)12;1-6-3-4(7)2-5(8)9;;/h3-6,8-9H,1-2H2,(H,10,11)(H,12,13,14);4-8H,1-3H2,(H,9,10)(H,11,12);5-7H,2-4H2,1H3,(H,8,9);3-5,7H,1-2H2,(H,8,9)(H,10,11,12);2,6-7H,3H2,1H3,(H,8,9);2*1H2/b;;;;4-2-;;. The minimum Gasteiger partial charge on any atom is -0.511 e. The van der Waals surface area contributed by atoms with Gasteiger partial charge in [-0.25, -0.2) is 35.8 Å². The lowest BCUT2D eigenvalue weighted by Crippen LogP contribution is -2.51. The van der Waals surface area contributed by atoms with Gasteiger partial charge in [-0.05, 0) is 39.7 Å². The first kappa shape index (κ1) is 70.8. The molecule has 3 saturated heterocycles. The second-order valence-electron chi connectivity index (χ2n) is 14.2. The molecule has 13 unspecified atom stereocenters. The van der Waals surface area contributed by atoms with Gasteiger partial charge in [0.15, 0.2) is 6.10 Å². The van der Waals surface area contributed by atoms with Gasteiger partial charge in [-0.2, -0.15) is 21.0 Å². The highest BCUT2D eigenvalue weighted by molar-refractivity contribution is 7.81. The fourth-order valence-corrected chi connectivity index (χ4v) is 7.95. The quantitative estimate of drug-likeness (QED) is 0.0296. The van der Waals surface area contributed by atoms with Gasteiger partial charge in [0.1, 0.15) is 18.0 Å². The zero-order valence-corrected chi connectivity index (χ0v) is 40.3. The van der Waals surface area contributed by atoms with Crippen molar-refractivity contribution in [3.8, 4) is 0 Å². The Morgan fingerprint density at radius 1 is 0.710 bits per heavy atom. The number of likely N-dealkylation sites (N-methyl/N-ethyl adjacent to an activating group) is 1. The van der Waals surface area contributed by atoms with Crippen LogP contribution in [0, 0.1) is 5.92 Å². The SMILES string of the molecule is CC1CCC(NS(=O)O)CO1.CNC/C(O)=C/C(=O)O.O.O.O=C(O)C1CC(O)C(OS(=O)(=O)O)C(O)C1.O=C(O)C1CC(O)C(OS(=O)(=O)O)CO1.O=S(O)NC1COC(COS(=O)O)CC1O. The van der Waals surface area contributed by atoms with E-state index in [0.717, 1.165) is 18.9 Å². The molecular weight excluding hydrogens is 1060 g/mol. The molecule has 13 atom stereocenters. The van der Waals surface area contributed by atoms with Gasteiger partial charge in [-0.15, -0.1) is 0 Å². The number of hydrogen-bond donors (Lipinski definition) is 16. The number of carbonyl (C=O) groups is 3. The van der Waals surface area contributed by atoms with E-state index in [9.17, 15) is 64.3 Å². The van der Waals surface area contributed by atoms with Crippen molar-refractivity contribution in [2.45, 2.75) is 112 Å². The van der Waals surface area contributed by atoms with Gasteiger partial charge in [0, 0.05) is 18.9 Å². The number of carboxylic acids is 3. The lowest BCUT2D eigenvalue weighted by atomic mass is 9.83. The van der Waals surface area contributed by atoms with Crippen LogP contribution in [0.15, 0.2) is 11.8 Å². The number of aliphatic carboxylic acids is 3. The highest BCUT2D eigenvalue weighted by Gasteiger charge is 2.42. The summed E-state index contributed by atoms with van der Waals surface area (Å²) in [7, 11) is -7.86. The van der Waals surface area contributed by atoms with E-state index in [0.29, 0.717) is 12.7 Å². The van der Waals surface area contributed by atoms with Crippen molar-refractivity contribution in [2.75, 3.05) is 40.0 Å². The molecule has 3 aliphatic heterocycles. The summed E-state index contributed by atoms with van der Waals surface area (Å²) in [4.78, 5) is 30.9. The first-order chi connectivity index (χ1) is 30.8. The van der Waals surface area contributed by atoms with Crippen LogP contribution in [0.3, 0.4) is 0 Å². The Kier molecular flexibility index (Phi) is 36.5. The van der Waals surface area contributed by atoms with Crippen LogP contribution < -0.4 is 14.8 Å². The van der Waals surface area contributed by atoms with Crippen molar-refractivity contribution in [2.24, 2.45) is 5.92 Å². The third-order valence-electron chi connectivity index (χ3n) is 8.77. The minimum absolute atomic E-state index is 0. The number of aliphatic hydroxyl groups is 5. The second kappa shape index (κ2) is 35.6. The van der Waals surface area contributed by atoms with E-state index in [4.69, 9.17) is 57.4 Å². The normalized spacial score (nSPS) is 30.5. The molecule has 1 saturated carbocycles. The van der Waals surface area contributed by atoms with Gasteiger partial charge in [0.25, 0.3) is 0 Å². The molecule has 4 aliphatic rings. The first-order valence-electron chi connectivity index (χ1n) is 18.9. The van der Waals surface area contributed by atoms with Crippen LogP contribution >= 0.6 is 0 Å². The summed E-state index contributed by atoms with van der Waals surface area (Å²) in [6, 6.07) is -0.598. The molecule has 0 amide bonds. The van der Waals surface area contributed by atoms with Crippen molar-refractivity contribution in [3.63, 3.8) is 0 Å². The van der Waals surface area contributed by atoms with Crippen LogP contribution in [0.1, 0.15) is 45.4 Å². The summed E-state index contributed by atoms with van der Waals surface area (Å²) in [5.41, 5.74) is 0. The van der Waals surface area contributed by atoms with Crippen LogP contribution in [-0.2, 0) is 95.8 Å². The van der Waals surface area contributed by atoms with Crippen LogP contribution in [0.25, 0.3) is 0 Å². The van der Waals surface area contributed by atoms with Gasteiger partial charge in [-0.1, -0.05) is 0 Å². The molecule has 0 aromatic rings. The van der Waals surface area contributed by atoms with Crippen molar-refractivity contribution in [1.29, 1.82) is 0 Å². The monoisotopic (exact) mass is 1120 g/mol. The number of nitrogens with one attached hydrogen (secondary N) is 3. The van der Waals surface area contributed by atoms with Crippen LogP contribution in [-0.4, -0.2) is 229 Å². The first-order valence-corrected chi connectivity index (χ1v) is 24.9. The molecule has 39 heteroatoms. The van der Waals surface area contributed by atoms with E-state index < -0.39 is 140 Å². The van der Waals surface area contributed by atoms with Crippen molar-refractivity contribution in [1.82, 2.24) is 14.8 Å². The zero-order chi connectivity index (χ0) is 51.8. The Hall–Kier alpha value is -2.50. The van der Waals surface area contributed by atoms with E-state index in [1.807, 2.05) is 6.92 Å². The average molecular weight is 1120 g/mol. The van der Waals surface area contributed by atoms with E-state index in [-0.39, 0.29) is 68.2 Å². The Bertz CT molecular complexity index is 1830. The zero-order valence-electron chi connectivity index (χ0n) is 36.2. The van der Waals surface area contributed by atoms with Crippen LogP contribution in [0.4, 0.5) is 0 Å². The maximum Gasteiger partial charge on any atom is 0.397 e. The highest BCUT2D eigenvalue weighted by atomic mass is 32.3. The highest BCUT2D eigenvalue weighted by Crippen LogP contribution is 2.28. The fraction of sp³-hybridized carbons (Fsp3) is 0.833. The molecule has 34 nitrogen and oxygen atoms in total. The molecule has 4 rings (SSSR count). The molecule has 4 fully saturated rings. The smallest absolute Gasteiger partial charge is 0.397 e. The lowest BCUT2D eigenvalue weighted by Gasteiger charge is -2.33. The molecule has 412 valence electrons. The summed E-state index contributed by atoms with van der Waals surface area (Å²) in [6.45, 7) is 2.22.